The minimum Gasteiger partial charge on any atom is -0.328 e. The van der Waals surface area contributed by atoms with Crippen LogP contribution in [0.3, 0.4) is 0 Å². The zero-order valence-corrected chi connectivity index (χ0v) is 11.6. The fourth-order valence-corrected chi connectivity index (χ4v) is 2.61. The minimum absolute atomic E-state index is 0. The first-order valence-corrected chi connectivity index (χ1v) is 6.39. The molecule has 2 aliphatic rings. The van der Waals surface area contributed by atoms with E-state index in [1.54, 1.807) is 0 Å². The Labute approximate surface area is 114 Å². The monoisotopic (exact) mass is 275 g/mol. The van der Waals surface area contributed by atoms with E-state index in [9.17, 15) is 9.59 Å². The summed E-state index contributed by atoms with van der Waals surface area (Å²) in [5.74, 6) is 0.524. The predicted octanol–water partition coefficient (Wildman–Crippen LogP) is 0.226. The third-order valence-electron chi connectivity index (χ3n) is 3.85. The molecule has 0 aromatic heterocycles. The molecule has 0 bridgehead atoms. The fourth-order valence-electron chi connectivity index (χ4n) is 2.61. The van der Waals surface area contributed by atoms with Crippen LogP contribution in [0.5, 0.6) is 0 Å². The summed E-state index contributed by atoms with van der Waals surface area (Å²) in [6, 6.07) is 0.232. The van der Waals surface area contributed by atoms with Crippen molar-refractivity contribution in [3.05, 3.63) is 0 Å². The highest BCUT2D eigenvalue weighted by atomic mass is 35.5. The standard InChI is InChI=1S/C12H21N3O2.ClH/c1-9(13)10-4-5-14(8-10)6-7-15-11(16)2-3-12(15)17;/h9-10H,2-8,13H2,1H3;1H. The number of imide groups is 1. The summed E-state index contributed by atoms with van der Waals surface area (Å²) in [5, 5.41) is 0. The van der Waals surface area contributed by atoms with Gasteiger partial charge in [-0.05, 0) is 25.8 Å². The zero-order valence-electron chi connectivity index (χ0n) is 10.8. The van der Waals surface area contributed by atoms with Crippen molar-refractivity contribution in [1.29, 1.82) is 0 Å². The van der Waals surface area contributed by atoms with Gasteiger partial charge in [0.2, 0.25) is 11.8 Å². The lowest BCUT2D eigenvalue weighted by atomic mass is 10.0. The van der Waals surface area contributed by atoms with Crippen molar-refractivity contribution >= 4 is 24.2 Å². The Morgan fingerprint density at radius 2 is 1.89 bits per heavy atom. The summed E-state index contributed by atoms with van der Waals surface area (Å²) < 4.78 is 0. The molecule has 18 heavy (non-hydrogen) atoms. The average Bonchev–Trinajstić information content (AvgIpc) is 2.85. The largest absolute Gasteiger partial charge is 0.328 e. The third-order valence-corrected chi connectivity index (χ3v) is 3.85. The highest BCUT2D eigenvalue weighted by Gasteiger charge is 2.30. The Hall–Kier alpha value is -0.650. The summed E-state index contributed by atoms with van der Waals surface area (Å²) in [5.41, 5.74) is 5.88. The second-order valence-corrected chi connectivity index (χ2v) is 5.15. The molecular weight excluding hydrogens is 254 g/mol. The molecule has 2 amide bonds. The van der Waals surface area contributed by atoms with E-state index in [1.807, 2.05) is 6.92 Å². The molecule has 0 aromatic rings. The lowest BCUT2D eigenvalue weighted by Gasteiger charge is -2.21. The van der Waals surface area contributed by atoms with Gasteiger partial charge in [0.15, 0.2) is 0 Å². The smallest absolute Gasteiger partial charge is 0.229 e. The summed E-state index contributed by atoms with van der Waals surface area (Å²) in [4.78, 5) is 26.6. The van der Waals surface area contributed by atoms with Gasteiger partial charge in [-0.25, -0.2) is 0 Å². The SMILES string of the molecule is CC(N)C1CCN(CCN2C(=O)CCC2=O)C1.Cl. The number of hydrogen-bond donors (Lipinski definition) is 1. The number of nitrogens with two attached hydrogens (primary N) is 1. The van der Waals surface area contributed by atoms with Gasteiger partial charge in [0.1, 0.15) is 0 Å². The van der Waals surface area contributed by atoms with Crippen molar-refractivity contribution in [2.75, 3.05) is 26.2 Å². The van der Waals surface area contributed by atoms with Crippen LogP contribution in [0.2, 0.25) is 0 Å². The van der Waals surface area contributed by atoms with Crippen LogP contribution in [0.4, 0.5) is 0 Å². The Bertz CT molecular complexity index is 306. The molecule has 2 N–H and O–H groups in total. The number of carbonyl (C=O) groups is 2. The molecule has 0 spiro atoms. The van der Waals surface area contributed by atoms with E-state index in [-0.39, 0.29) is 30.3 Å². The van der Waals surface area contributed by atoms with Crippen molar-refractivity contribution in [3.8, 4) is 0 Å². The number of rotatable bonds is 4. The summed E-state index contributed by atoms with van der Waals surface area (Å²) in [7, 11) is 0. The first-order chi connectivity index (χ1) is 8.08. The molecule has 5 nitrogen and oxygen atoms in total. The average molecular weight is 276 g/mol. The van der Waals surface area contributed by atoms with E-state index in [2.05, 4.69) is 4.90 Å². The van der Waals surface area contributed by atoms with E-state index >= 15 is 0 Å². The molecule has 0 saturated carbocycles. The van der Waals surface area contributed by atoms with Crippen molar-refractivity contribution in [2.24, 2.45) is 11.7 Å². The molecule has 0 radical (unpaired) electrons. The van der Waals surface area contributed by atoms with Crippen LogP contribution in [0.1, 0.15) is 26.2 Å². The lowest BCUT2D eigenvalue weighted by molar-refractivity contribution is -0.138. The van der Waals surface area contributed by atoms with Crippen molar-refractivity contribution in [3.63, 3.8) is 0 Å². The number of nitrogens with zero attached hydrogens (tertiary/aromatic N) is 2. The highest BCUT2D eigenvalue weighted by molar-refractivity contribution is 6.01. The minimum atomic E-state index is -0.0158. The van der Waals surface area contributed by atoms with Gasteiger partial charge < -0.3 is 10.6 Å². The molecule has 2 unspecified atom stereocenters. The van der Waals surface area contributed by atoms with Crippen LogP contribution >= 0.6 is 12.4 Å². The van der Waals surface area contributed by atoms with Crippen LogP contribution < -0.4 is 5.73 Å². The number of amides is 2. The molecule has 0 aromatic carbocycles. The Balaban J connectivity index is 0.00000162. The molecule has 2 saturated heterocycles. The summed E-state index contributed by atoms with van der Waals surface area (Å²) in [6.07, 6.45) is 1.90. The third kappa shape index (κ3) is 3.43. The Morgan fingerprint density at radius 3 is 2.39 bits per heavy atom. The number of carbonyl (C=O) groups excluding carboxylic acids is 2. The van der Waals surface area contributed by atoms with E-state index in [4.69, 9.17) is 5.73 Å². The van der Waals surface area contributed by atoms with Crippen LogP contribution in [-0.2, 0) is 9.59 Å². The molecule has 104 valence electrons. The maximum atomic E-state index is 11.4. The summed E-state index contributed by atoms with van der Waals surface area (Å²) >= 11 is 0. The Morgan fingerprint density at radius 1 is 1.28 bits per heavy atom. The van der Waals surface area contributed by atoms with Gasteiger partial charge in [0, 0.05) is 38.5 Å². The molecule has 2 aliphatic heterocycles. The normalized spacial score (nSPS) is 26.6. The maximum Gasteiger partial charge on any atom is 0.229 e. The van der Waals surface area contributed by atoms with Crippen LogP contribution in [-0.4, -0.2) is 53.8 Å². The van der Waals surface area contributed by atoms with Gasteiger partial charge in [-0.1, -0.05) is 0 Å². The van der Waals surface area contributed by atoms with Gasteiger partial charge >= 0.3 is 0 Å². The van der Waals surface area contributed by atoms with E-state index in [0.717, 1.165) is 26.1 Å². The van der Waals surface area contributed by atoms with Gasteiger partial charge in [-0.2, -0.15) is 0 Å². The second kappa shape index (κ2) is 6.50. The van der Waals surface area contributed by atoms with E-state index in [1.165, 1.54) is 4.90 Å². The van der Waals surface area contributed by atoms with Crippen molar-refractivity contribution in [2.45, 2.75) is 32.2 Å². The van der Waals surface area contributed by atoms with Crippen LogP contribution in [0.15, 0.2) is 0 Å². The first-order valence-electron chi connectivity index (χ1n) is 6.39. The molecule has 6 heteroatoms. The first kappa shape index (κ1) is 15.4. The molecule has 2 heterocycles. The van der Waals surface area contributed by atoms with Gasteiger partial charge in [0.25, 0.3) is 0 Å². The molecule has 2 rings (SSSR count). The predicted molar refractivity (Wildman–Crippen MR) is 71.4 cm³/mol. The van der Waals surface area contributed by atoms with Gasteiger partial charge in [-0.15, -0.1) is 12.4 Å². The topological polar surface area (TPSA) is 66.6 Å². The van der Waals surface area contributed by atoms with E-state index < -0.39 is 0 Å². The molecule has 2 fully saturated rings. The van der Waals surface area contributed by atoms with Gasteiger partial charge in [-0.3, -0.25) is 14.5 Å². The number of halogens is 1. The zero-order chi connectivity index (χ0) is 12.4. The quantitative estimate of drug-likeness (QED) is 0.746. The van der Waals surface area contributed by atoms with Crippen LogP contribution in [0.25, 0.3) is 0 Å². The fraction of sp³-hybridized carbons (Fsp3) is 0.833. The Kier molecular flexibility index (Phi) is 5.56. The van der Waals surface area contributed by atoms with Crippen molar-refractivity contribution in [1.82, 2.24) is 9.80 Å². The van der Waals surface area contributed by atoms with Crippen molar-refractivity contribution < 1.29 is 9.59 Å². The lowest BCUT2D eigenvalue weighted by Crippen LogP contribution is -2.38. The summed E-state index contributed by atoms with van der Waals surface area (Å²) in [6.45, 7) is 5.40. The second-order valence-electron chi connectivity index (χ2n) is 5.15. The van der Waals surface area contributed by atoms with Crippen LogP contribution in [0, 0.1) is 5.92 Å². The maximum absolute atomic E-state index is 11.4. The highest BCUT2D eigenvalue weighted by Crippen LogP contribution is 2.19. The van der Waals surface area contributed by atoms with E-state index in [0.29, 0.717) is 25.3 Å². The number of likely N-dealkylation sites (tertiary alicyclic amines) is 2. The molecule has 2 atom stereocenters. The number of hydrogen-bond acceptors (Lipinski definition) is 4. The van der Waals surface area contributed by atoms with Gasteiger partial charge in [0.05, 0.1) is 0 Å². The molecule has 0 aliphatic carbocycles. The molecular formula is C12H22ClN3O2.